The van der Waals surface area contributed by atoms with Crippen molar-refractivity contribution in [2.45, 2.75) is 23.8 Å². The summed E-state index contributed by atoms with van der Waals surface area (Å²) >= 11 is 1.36. The Hall–Kier alpha value is -2.72. The van der Waals surface area contributed by atoms with Crippen molar-refractivity contribution in [1.82, 2.24) is 10.2 Å². The van der Waals surface area contributed by atoms with Crippen molar-refractivity contribution in [3.8, 4) is 6.07 Å². The molecule has 0 bridgehead atoms. The number of benzene rings is 1. The number of piperidine rings is 1. The van der Waals surface area contributed by atoms with Crippen molar-refractivity contribution in [2.24, 2.45) is 0 Å². The van der Waals surface area contributed by atoms with Gasteiger partial charge in [0.1, 0.15) is 6.26 Å². The van der Waals surface area contributed by atoms with Gasteiger partial charge in [0.25, 0.3) is 11.8 Å². The molecule has 26 heavy (non-hydrogen) atoms. The molecule has 1 saturated heterocycles. The highest BCUT2D eigenvalue weighted by Gasteiger charge is 2.25. The van der Waals surface area contributed by atoms with Crippen LogP contribution in [0.2, 0.25) is 0 Å². The van der Waals surface area contributed by atoms with Gasteiger partial charge in [-0.15, -0.1) is 11.8 Å². The molecule has 3 rings (SSSR count). The summed E-state index contributed by atoms with van der Waals surface area (Å²) in [4.78, 5) is 27.5. The molecule has 2 amide bonds. The van der Waals surface area contributed by atoms with E-state index >= 15 is 0 Å². The summed E-state index contributed by atoms with van der Waals surface area (Å²) in [5, 5.41) is 11.8. The van der Waals surface area contributed by atoms with Crippen LogP contribution in [0.5, 0.6) is 0 Å². The highest BCUT2D eigenvalue weighted by Crippen LogP contribution is 2.23. The molecule has 0 atom stereocenters. The number of nitrogens with zero attached hydrogens (tertiary/aromatic N) is 2. The van der Waals surface area contributed by atoms with Gasteiger partial charge in [0.05, 0.1) is 29.2 Å². The third-order valence-electron chi connectivity index (χ3n) is 4.31. The number of nitrogens with one attached hydrogen (secondary N) is 1. The maximum Gasteiger partial charge on any atom is 0.257 e. The molecule has 1 aliphatic heterocycles. The number of likely N-dealkylation sites (tertiary alicyclic amines) is 1. The van der Waals surface area contributed by atoms with E-state index in [4.69, 9.17) is 9.68 Å². The maximum absolute atomic E-state index is 12.6. The minimum absolute atomic E-state index is 0.0323. The molecule has 0 radical (unpaired) electrons. The third kappa shape index (κ3) is 4.27. The number of thioether (sulfide) groups is 1. The van der Waals surface area contributed by atoms with Crippen LogP contribution < -0.4 is 5.32 Å². The van der Waals surface area contributed by atoms with Gasteiger partial charge in [-0.05, 0) is 31.0 Å². The van der Waals surface area contributed by atoms with Crippen molar-refractivity contribution in [1.29, 1.82) is 5.26 Å². The van der Waals surface area contributed by atoms with Gasteiger partial charge in [-0.2, -0.15) is 5.26 Å². The fraction of sp³-hybridized carbons (Fsp3) is 0.316. The molecule has 2 aromatic rings. The Bertz CT molecular complexity index is 806. The summed E-state index contributed by atoms with van der Waals surface area (Å²) in [7, 11) is 0. The molecule has 7 heteroatoms. The number of hydrogen-bond donors (Lipinski definition) is 1. The number of carbonyl (C=O) groups is 2. The Balaban J connectivity index is 1.56. The average Bonchev–Trinajstić information content (AvgIpc) is 3.21. The first kappa shape index (κ1) is 18.1. The standard InChI is InChI=1S/C19H19N3O3S/c20-8-12-26-17-4-2-1-3-16(17)18(23)21-15-5-9-22(10-6-15)19(24)14-7-11-25-13-14/h1-4,7,11,13,15H,5-6,9-10,12H2,(H,21,23). The highest BCUT2D eigenvalue weighted by atomic mass is 32.2. The number of hydrogen-bond acceptors (Lipinski definition) is 5. The maximum atomic E-state index is 12.6. The molecule has 2 heterocycles. The fourth-order valence-electron chi connectivity index (χ4n) is 2.95. The van der Waals surface area contributed by atoms with E-state index in [-0.39, 0.29) is 17.9 Å². The molecule has 1 aliphatic rings. The van der Waals surface area contributed by atoms with Gasteiger partial charge in [-0.3, -0.25) is 9.59 Å². The van der Waals surface area contributed by atoms with E-state index in [0.29, 0.717) is 42.8 Å². The highest BCUT2D eigenvalue weighted by molar-refractivity contribution is 7.99. The summed E-state index contributed by atoms with van der Waals surface area (Å²) < 4.78 is 4.96. The SMILES string of the molecule is N#CCSc1ccccc1C(=O)NC1CCN(C(=O)c2ccoc2)CC1. The third-order valence-corrected chi connectivity index (χ3v) is 5.25. The zero-order valence-corrected chi connectivity index (χ0v) is 15.0. The van der Waals surface area contributed by atoms with Crippen LogP contribution in [0.3, 0.4) is 0 Å². The van der Waals surface area contributed by atoms with Crippen LogP contribution in [0.4, 0.5) is 0 Å². The van der Waals surface area contributed by atoms with E-state index in [0.717, 1.165) is 4.90 Å². The first-order chi connectivity index (χ1) is 12.7. The van der Waals surface area contributed by atoms with Gasteiger partial charge in [-0.25, -0.2) is 0 Å². The molecule has 134 valence electrons. The second-order valence-electron chi connectivity index (χ2n) is 5.99. The summed E-state index contributed by atoms with van der Waals surface area (Å²) in [6.07, 6.45) is 4.36. The molecule has 0 spiro atoms. The first-order valence-corrected chi connectivity index (χ1v) is 9.38. The van der Waals surface area contributed by atoms with Crippen molar-refractivity contribution in [2.75, 3.05) is 18.8 Å². The van der Waals surface area contributed by atoms with Gasteiger partial charge in [0.2, 0.25) is 0 Å². The second kappa shape index (κ2) is 8.59. The minimum atomic E-state index is -0.134. The lowest BCUT2D eigenvalue weighted by Crippen LogP contribution is -2.46. The van der Waals surface area contributed by atoms with E-state index in [1.807, 2.05) is 18.2 Å². The number of amides is 2. The summed E-state index contributed by atoms with van der Waals surface area (Å²) in [5.74, 6) is 0.131. The number of nitriles is 1. The van der Waals surface area contributed by atoms with Gasteiger partial charge < -0.3 is 14.6 Å². The first-order valence-electron chi connectivity index (χ1n) is 8.40. The van der Waals surface area contributed by atoms with Crippen LogP contribution in [-0.4, -0.2) is 41.6 Å². The molecule has 0 unspecified atom stereocenters. The lowest BCUT2D eigenvalue weighted by molar-refractivity contribution is 0.0697. The van der Waals surface area contributed by atoms with Crippen LogP contribution >= 0.6 is 11.8 Å². The van der Waals surface area contributed by atoms with E-state index in [9.17, 15) is 9.59 Å². The topological polar surface area (TPSA) is 86.3 Å². The summed E-state index contributed by atoms with van der Waals surface area (Å²) in [5.41, 5.74) is 1.14. The van der Waals surface area contributed by atoms with E-state index in [2.05, 4.69) is 11.4 Å². The van der Waals surface area contributed by atoms with Crippen LogP contribution in [0.15, 0.2) is 52.2 Å². The van der Waals surface area contributed by atoms with Crippen molar-refractivity contribution >= 4 is 23.6 Å². The van der Waals surface area contributed by atoms with E-state index < -0.39 is 0 Å². The van der Waals surface area contributed by atoms with Gasteiger partial charge in [0.15, 0.2) is 0 Å². The molecule has 1 N–H and O–H groups in total. The zero-order valence-electron chi connectivity index (χ0n) is 14.2. The van der Waals surface area contributed by atoms with E-state index in [1.165, 1.54) is 24.3 Å². The lowest BCUT2D eigenvalue weighted by atomic mass is 10.0. The van der Waals surface area contributed by atoms with Crippen LogP contribution in [-0.2, 0) is 0 Å². The average molecular weight is 369 g/mol. The van der Waals surface area contributed by atoms with Gasteiger partial charge in [0, 0.05) is 24.0 Å². The molecular weight excluding hydrogens is 350 g/mol. The molecule has 6 nitrogen and oxygen atoms in total. The van der Waals surface area contributed by atoms with Crippen LogP contribution in [0.1, 0.15) is 33.6 Å². The predicted octanol–water partition coefficient (Wildman–Crippen LogP) is 2.93. The van der Waals surface area contributed by atoms with Crippen molar-refractivity contribution in [3.63, 3.8) is 0 Å². The largest absolute Gasteiger partial charge is 0.472 e. The normalized spacial score (nSPS) is 14.7. The number of carbonyl (C=O) groups excluding carboxylic acids is 2. The van der Waals surface area contributed by atoms with Gasteiger partial charge >= 0.3 is 0 Å². The quantitative estimate of drug-likeness (QED) is 0.819. The van der Waals surface area contributed by atoms with Crippen LogP contribution in [0.25, 0.3) is 0 Å². The second-order valence-corrected chi connectivity index (χ2v) is 7.01. The Morgan fingerprint density at radius 2 is 2.04 bits per heavy atom. The monoisotopic (exact) mass is 369 g/mol. The molecule has 1 fully saturated rings. The Morgan fingerprint density at radius 1 is 1.27 bits per heavy atom. The lowest BCUT2D eigenvalue weighted by Gasteiger charge is -2.32. The molecular formula is C19H19N3O3S. The van der Waals surface area contributed by atoms with E-state index in [1.54, 1.807) is 17.0 Å². The Labute approximate surface area is 156 Å². The predicted molar refractivity (Wildman–Crippen MR) is 97.9 cm³/mol. The Morgan fingerprint density at radius 3 is 2.73 bits per heavy atom. The number of furan rings is 1. The number of rotatable bonds is 5. The summed E-state index contributed by atoms with van der Waals surface area (Å²) in [6, 6.07) is 11.1. The van der Waals surface area contributed by atoms with Crippen molar-refractivity contribution < 1.29 is 14.0 Å². The smallest absolute Gasteiger partial charge is 0.257 e. The molecule has 0 aliphatic carbocycles. The minimum Gasteiger partial charge on any atom is -0.472 e. The summed E-state index contributed by atoms with van der Waals surface area (Å²) in [6.45, 7) is 1.19. The zero-order chi connectivity index (χ0) is 18.4. The Kier molecular flexibility index (Phi) is 5.97. The van der Waals surface area contributed by atoms with Gasteiger partial charge in [-0.1, -0.05) is 12.1 Å². The molecule has 1 aromatic heterocycles. The molecule has 1 aromatic carbocycles. The molecule has 0 saturated carbocycles. The fourth-order valence-corrected chi connectivity index (χ4v) is 3.66. The van der Waals surface area contributed by atoms with Crippen molar-refractivity contribution in [3.05, 3.63) is 54.0 Å². The van der Waals surface area contributed by atoms with Crippen LogP contribution in [0, 0.1) is 11.3 Å².